The second kappa shape index (κ2) is 4.42. The van der Waals surface area contributed by atoms with E-state index in [0.29, 0.717) is 12.0 Å². The third kappa shape index (κ3) is 1.71. The Morgan fingerprint density at radius 1 is 0.913 bits per heavy atom. The van der Waals surface area contributed by atoms with Crippen LogP contribution in [-0.2, 0) is 0 Å². The van der Waals surface area contributed by atoms with E-state index in [1.807, 2.05) is 0 Å². The predicted molar refractivity (Wildman–Crippen MR) is 93.2 cm³/mol. The average Bonchev–Trinajstić information content (AvgIpc) is 3.27. The Bertz CT molecular complexity index is 953. The van der Waals surface area contributed by atoms with Crippen molar-refractivity contribution in [3.05, 3.63) is 90.1 Å². The minimum atomic E-state index is 0.433. The Hall–Kier alpha value is -2.67. The number of fused-ring (bicyclic) bond motifs is 6. The van der Waals surface area contributed by atoms with Crippen LogP contribution < -0.4 is 4.57 Å². The van der Waals surface area contributed by atoms with E-state index in [9.17, 15) is 0 Å². The van der Waals surface area contributed by atoms with Crippen LogP contribution in [0.2, 0.25) is 0 Å². The van der Waals surface area contributed by atoms with E-state index in [1.165, 1.54) is 39.1 Å². The summed E-state index contributed by atoms with van der Waals surface area (Å²) in [5, 5.41) is 0. The molecule has 1 heteroatoms. The van der Waals surface area contributed by atoms with Gasteiger partial charge in [0.2, 0.25) is 5.69 Å². The highest BCUT2D eigenvalue weighted by Crippen LogP contribution is 2.58. The highest BCUT2D eigenvalue weighted by Gasteiger charge is 2.57. The van der Waals surface area contributed by atoms with Gasteiger partial charge in [-0.25, -0.2) is 0 Å². The van der Waals surface area contributed by atoms with Crippen molar-refractivity contribution >= 4 is 0 Å². The lowest BCUT2D eigenvalue weighted by atomic mass is 9.94. The fourth-order valence-corrected chi connectivity index (χ4v) is 4.04. The zero-order valence-electron chi connectivity index (χ0n) is 13.2. The Morgan fingerprint density at radius 3 is 2.48 bits per heavy atom. The fraction of sp³-hybridized carbons (Fsp3) is 0.136. The molecule has 1 aromatic heterocycles. The van der Waals surface area contributed by atoms with Gasteiger partial charge in [-0.3, -0.25) is 0 Å². The lowest BCUT2D eigenvalue weighted by Crippen LogP contribution is -2.38. The molecule has 2 heterocycles. The maximum Gasteiger partial charge on any atom is 0.213 e. The number of allylic oxidation sites excluding steroid dienone is 1. The molecule has 0 radical (unpaired) electrons. The van der Waals surface area contributed by atoms with E-state index in [2.05, 4.69) is 84.9 Å². The van der Waals surface area contributed by atoms with Gasteiger partial charge in [0.25, 0.3) is 0 Å². The Kier molecular flexibility index (Phi) is 2.47. The van der Waals surface area contributed by atoms with Gasteiger partial charge in [-0.05, 0) is 29.7 Å². The molecule has 1 nitrogen and oxygen atoms in total. The fourth-order valence-electron chi connectivity index (χ4n) is 4.04. The number of benzene rings is 2. The van der Waals surface area contributed by atoms with Crippen molar-refractivity contribution in [2.24, 2.45) is 0 Å². The Morgan fingerprint density at radius 2 is 1.65 bits per heavy atom. The van der Waals surface area contributed by atoms with Crippen molar-refractivity contribution in [1.82, 2.24) is 0 Å². The first kappa shape index (κ1) is 12.8. The van der Waals surface area contributed by atoms with Crippen LogP contribution >= 0.6 is 0 Å². The number of rotatable bonds is 1. The number of aryl methyl sites for hydroxylation is 1. The average molecular weight is 296 g/mol. The molecular weight excluding hydrogens is 278 g/mol. The molecule has 5 rings (SSSR count). The maximum atomic E-state index is 4.31. The van der Waals surface area contributed by atoms with Gasteiger partial charge in [-0.15, -0.1) is 0 Å². The highest BCUT2D eigenvalue weighted by atomic mass is 15.1. The van der Waals surface area contributed by atoms with E-state index in [-0.39, 0.29) is 0 Å². The van der Waals surface area contributed by atoms with Gasteiger partial charge in [0.05, 0.1) is 11.5 Å². The summed E-state index contributed by atoms with van der Waals surface area (Å²) in [6.45, 7) is 6.52. The molecule has 1 saturated carbocycles. The number of aromatic nitrogens is 1. The summed E-state index contributed by atoms with van der Waals surface area (Å²) >= 11 is 0. The van der Waals surface area contributed by atoms with Crippen LogP contribution in [0.4, 0.5) is 0 Å². The molecule has 1 aliphatic heterocycles. The summed E-state index contributed by atoms with van der Waals surface area (Å²) in [5.74, 6) is 0.495. The van der Waals surface area contributed by atoms with Crippen LogP contribution in [-0.4, -0.2) is 0 Å². The molecule has 0 spiro atoms. The number of hydrogen-bond acceptors (Lipinski definition) is 0. The molecule has 2 aliphatic rings. The van der Waals surface area contributed by atoms with Crippen molar-refractivity contribution in [2.45, 2.75) is 18.9 Å². The second-order valence-corrected chi connectivity index (χ2v) is 6.61. The second-order valence-electron chi connectivity index (χ2n) is 6.61. The molecule has 0 N–H and O–H groups in total. The SMILES string of the molecule is C=C1C2c3ccccc3-c3cc(C)c(-c4ccccc4)c[n+]3C12. The van der Waals surface area contributed by atoms with Gasteiger partial charge < -0.3 is 0 Å². The van der Waals surface area contributed by atoms with Crippen molar-refractivity contribution in [1.29, 1.82) is 0 Å². The van der Waals surface area contributed by atoms with Crippen LogP contribution in [0.3, 0.4) is 0 Å². The summed E-state index contributed by atoms with van der Waals surface area (Å²) in [7, 11) is 0. The monoisotopic (exact) mass is 296 g/mol. The minimum Gasteiger partial charge on any atom is -0.190 e. The van der Waals surface area contributed by atoms with Crippen LogP contribution in [0.15, 0.2) is 79.0 Å². The van der Waals surface area contributed by atoms with Crippen molar-refractivity contribution in [3.63, 3.8) is 0 Å². The van der Waals surface area contributed by atoms with E-state index in [1.54, 1.807) is 0 Å². The molecule has 1 aliphatic carbocycles. The molecule has 0 saturated heterocycles. The van der Waals surface area contributed by atoms with E-state index in [4.69, 9.17) is 0 Å². The predicted octanol–water partition coefficient (Wildman–Crippen LogP) is 4.82. The standard InChI is InChI=1S/C22H18N/c1-14-12-20-17-10-6-7-11-18(17)21-15(2)22(21)23(20)13-19(14)16-8-4-3-5-9-16/h3-13,21-22H,2H2,1H3/q+1. The molecular formula is C22H18N+. The van der Waals surface area contributed by atoms with Crippen molar-refractivity contribution in [2.75, 3.05) is 0 Å². The van der Waals surface area contributed by atoms with Gasteiger partial charge in [0.1, 0.15) is 0 Å². The lowest BCUT2D eigenvalue weighted by molar-refractivity contribution is -0.688. The molecule has 2 aromatic carbocycles. The number of hydrogen-bond donors (Lipinski definition) is 0. The summed E-state index contributed by atoms with van der Waals surface area (Å²) in [6.07, 6.45) is 2.33. The Labute approximate surface area is 136 Å². The van der Waals surface area contributed by atoms with Gasteiger partial charge in [-0.2, -0.15) is 4.57 Å². The molecule has 23 heavy (non-hydrogen) atoms. The third-order valence-corrected chi connectivity index (χ3v) is 5.27. The Balaban J connectivity index is 1.78. The quantitative estimate of drug-likeness (QED) is 0.447. The number of pyridine rings is 1. The van der Waals surface area contributed by atoms with Crippen molar-refractivity contribution in [3.8, 4) is 22.4 Å². The smallest absolute Gasteiger partial charge is 0.190 e. The summed E-state index contributed by atoms with van der Waals surface area (Å²) in [4.78, 5) is 0. The van der Waals surface area contributed by atoms with Gasteiger partial charge in [-0.1, -0.05) is 55.1 Å². The minimum absolute atomic E-state index is 0.433. The van der Waals surface area contributed by atoms with E-state index in [0.717, 1.165) is 0 Å². The van der Waals surface area contributed by atoms with E-state index < -0.39 is 0 Å². The van der Waals surface area contributed by atoms with Gasteiger partial charge >= 0.3 is 0 Å². The molecule has 0 bridgehead atoms. The molecule has 110 valence electrons. The van der Waals surface area contributed by atoms with E-state index >= 15 is 0 Å². The summed E-state index contributed by atoms with van der Waals surface area (Å²) < 4.78 is 2.44. The molecule has 2 unspecified atom stereocenters. The summed E-state index contributed by atoms with van der Waals surface area (Å²) in [5.41, 5.74) is 9.36. The van der Waals surface area contributed by atoms with Crippen LogP contribution in [0.5, 0.6) is 0 Å². The third-order valence-electron chi connectivity index (χ3n) is 5.27. The zero-order valence-corrected chi connectivity index (χ0v) is 13.2. The summed E-state index contributed by atoms with van der Waals surface area (Å²) in [6, 6.07) is 22.2. The van der Waals surface area contributed by atoms with Crippen LogP contribution in [0, 0.1) is 6.92 Å². The first-order chi connectivity index (χ1) is 11.3. The van der Waals surface area contributed by atoms with Crippen molar-refractivity contribution < 1.29 is 4.57 Å². The largest absolute Gasteiger partial charge is 0.213 e. The molecule has 1 fully saturated rings. The van der Waals surface area contributed by atoms with Crippen LogP contribution in [0.25, 0.3) is 22.4 Å². The lowest BCUT2D eigenvalue weighted by Gasteiger charge is -2.15. The van der Waals surface area contributed by atoms with Crippen LogP contribution in [0.1, 0.15) is 23.1 Å². The topological polar surface area (TPSA) is 3.88 Å². The first-order valence-corrected chi connectivity index (χ1v) is 8.15. The number of nitrogens with zero attached hydrogens (tertiary/aromatic N) is 1. The van der Waals surface area contributed by atoms with Gasteiger partial charge in [0.15, 0.2) is 12.2 Å². The molecule has 2 atom stereocenters. The first-order valence-electron chi connectivity index (χ1n) is 8.15. The molecule has 0 amide bonds. The maximum absolute atomic E-state index is 4.31. The zero-order chi connectivity index (χ0) is 15.6. The normalized spacial score (nSPS) is 20.5. The van der Waals surface area contributed by atoms with Gasteiger partial charge in [0, 0.05) is 17.2 Å². The molecule has 3 aromatic rings. The highest BCUT2D eigenvalue weighted by molar-refractivity contribution is 5.73.